The Morgan fingerprint density at radius 3 is 2.70 bits per heavy atom. The number of pyridine rings is 1. The van der Waals surface area contributed by atoms with E-state index in [9.17, 15) is 9.90 Å². The number of hydrogen-bond donors (Lipinski definition) is 1. The van der Waals surface area contributed by atoms with Gasteiger partial charge in [-0.1, -0.05) is 43.3 Å². The molecule has 0 aliphatic heterocycles. The van der Waals surface area contributed by atoms with Crippen LogP contribution in [0.25, 0.3) is 6.08 Å². The van der Waals surface area contributed by atoms with Crippen molar-refractivity contribution in [2.75, 3.05) is 11.4 Å². The largest absolute Gasteiger partial charge is 0.390 e. The lowest BCUT2D eigenvalue weighted by Gasteiger charge is -2.21. The summed E-state index contributed by atoms with van der Waals surface area (Å²) in [5.74, 6) is 0.0590. The number of anilines is 1. The van der Waals surface area contributed by atoms with Gasteiger partial charge in [-0.15, -0.1) is 0 Å². The van der Waals surface area contributed by atoms with Crippen LogP contribution in [-0.2, 0) is 11.4 Å². The smallest absolute Gasteiger partial charge is 0.230 e. The zero-order valence-corrected chi connectivity index (χ0v) is 13.4. The van der Waals surface area contributed by atoms with Gasteiger partial charge in [0.15, 0.2) is 0 Å². The highest BCUT2D eigenvalue weighted by Crippen LogP contribution is 2.16. The van der Waals surface area contributed by atoms with Crippen molar-refractivity contribution in [3.63, 3.8) is 0 Å². The van der Waals surface area contributed by atoms with Crippen LogP contribution in [0, 0.1) is 0 Å². The van der Waals surface area contributed by atoms with E-state index < -0.39 is 0 Å². The second-order valence-corrected chi connectivity index (χ2v) is 5.18. The molecule has 1 aromatic carbocycles. The topological polar surface area (TPSA) is 53.4 Å². The van der Waals surface area contributed by atoms with Gasteiger partial charge in [-0.3, -0.25) is 9.78 Å². The standard InChI is InChI=1S/C19H22N2O2/c1-2-14-21(17-10-4-3-5-11-17)19(23)12-6-8-16-9-7-13-20-18(16)15-22/h3-11,13,22H,2,12,14-15H2,1H3. The quantitative estimate of drug-likeness (QED) is 0.852. The summed E-state index contributed by atoms with van der Waals surface area (Å²) in [5, 5.41) is 9.26. The minimum atomic E-state index is -0.111. The van der Waals surface area contributed by atoms with Gasteiger partial charge in [-0.25, -0.2) is 0 Å². The van der Waals surface area contributed by atoms with E-state index in [0.717, 1.165) is 17.7 Å². The molecule has 0 unspecified atom stereocenters. The third-order valence-corrected chi connectivity index (χ3v) is 3.48. The average Bonchev–Trinajstić information content (AvgIpc) is 2.60. The summed E-state index contributed by atoms with van der Waals surface area (Å²) in [6, 6.07) is 13.4. The fourth-order valence-electron chi connectivity index (χ4n) is 2.36. The number of nitrogens with zero attached hydrogens (tertiary/aromatic N) is 2. The number of aliphatic hydroxyl groups is 1. The molecule has 2 aromatic rings. The van der Waals surface area contributed by atoms with Gasteiger partial charge in [0.2, 0.25) is 5.91 Å². The van der Waals surface area contributed by atoms with Crippen molar-refractivity contribution in [2.45, 2.75) is 26.4 Å². The van der Waals surface area contributed by atoms with Gasteiger partial charge in [0, 0.05) is 24.8 Å². The monoisotopic (exact) mass is 310 g/mol. The predicted octanol–water partition coefficient (Wildman–Crippen LogP) is 3.42. The summed E-state index contributed by atoms with van der Waals surface area (Å²) in [7, 11) is 0. The van der Waals surface area contributed by atoms with E-state index in [-0.39, 0.29) is 12.5 Å². The van der Waals surface area contributed by atoms with Crippen LogP contribution in [0.15, 0.2) is 54.7 Å². The average molecular weight is 310 g/mol. The molecule has 0 fully saturated rings. The molecule has 2 rings (SSSR count). The number of carbonyl (C=O) groups is 1. The van der Waals surface area contributed by atoms with Crippen molar-refractivity contribution < 1.29 is 9.90 Å². The summed E-state index contributed by atoms with van der Waals surface area (Å²) in [4.78, 5) is 18.4. The van der Waals surface area contributed by atoms with Crippen LogP contribution in [-0.4, -0.2) is 22.5 Å². The van der Waals surface area contributed by atoms with Gasteiger partial charge in [-0.05, 0) is 30.2 Å². The summed E-state index contributed by atoms with van der Waals surface area (Å²) >= 11 is 0. The lowest BCUT2D eigenvalue weighted by Crippen LogP contribution is -2.30. The molecule has 0 saturated heterocycles. The maximum atomic E-state index is 12.5. The Morgan fingerprint density at radius 2 is 2.00 bits per heavy atom. The van der Waals surface area contributed by atoms with Crippen LogP contribution in [0.4, 0.5) is 5.69 Å². The van der Waals surface area contributed by atoms with E-state index in [1.165, 1.54) is 0 Å². The Bertz CT molecular complexity index is 653. The van der Waals surface area contributed by atoms with E-state index >= 15 is 0 Å². The number of rotatable bonds is 7. The minimum absolute atomic E-state index is 0.0590. The molecule has 1 N–H and O–H groups in total. The van der Waals surface area contributed by atoms with Crippen molar-refractivity contribution in [1.82, 2.24) is 4.98 Å². The normalized spacial score (nSPS) is 10.9. The molecule has 4 nitrogen and oxygen atoms in total. The summed E-state index contributed by atoms with van der Waals surface area (Å²) in [6.45, 7) is 2.65. The minimum Gasteiger partial charge on any atom is -0.390 e. The van der Waals surface area contributed by atoms with E-state index in [1.807, 2.05) is 54.6 Å². The number of para-hydroxylation sites is 1. The third-order valence-electron chi connectivity index (χ3n) is 3.48. The molecule has 1 heterocycles. The van der Waals surface area contributed by atoms with Crippen LogP contribution < -0.4 is 4.90 Å². The summed E-state index contributed by atoms with van der Waals surface area (Å²) in [5.41, 5.74) is 2.37. The van der Waals surface area contributed by atoms with Crippen LogP contribution in [0.3, 0.4) is 0 Å². The molecule has 0 radical (unpaired) electrons. The Labute approximate surface area is 137 Å². The van der Waals surface area contributed by atoms with Crippen molar-refractivity contribution >= 4 is 17.7 Å². The van der Waals surface area contributed by atoms with Gasteiger partial charge >= 0.3 is 0 Å². The van der Waals surface area contributed by atoms with Gasteiger partial charge in [0.25, 0.3) is 0 Å². The van der Waals surface area contributed by atoms with Crippen LogP contribution in [0.1, 0.15) is 31.0 Å². The lowest BCUT2D eigenvalue weighted by atomic mass is 10.1. The SMILES string of the molecule is CCCN(C(=O)CC=Cc1cccnc1CO)c1ccccc1. The zero-order valence-electron chi connectivity index (χ0n) is 13.4. The van der Waals surface area contributed by atoms with Crippen LogP contribution in [0.2, 0.25) is 0 Å². The lowest BCUT2D eigenvalue weighted by molar-refractivity contribution is -0.117. The van der Waals surface area contributed by atoms with Gasteiger partial charge in [0.1, 0.15) is 0 Å². The van der Waals surface area contributed by atoms with Crippen LogP contribution in [0.5, 0.6) is 0 Å². The van der Waals surface area contributed by atoms with Gasteiger partial charge in [-0.2, -0.15) is 0 Å². The fraction of sp³-hybridized carbons (Fsp3) is 0.263. The molecule has 0 aliphatic rings. The second kappa shape index (κ2) is 8.86. The third kappa shape index (κ3) is 4.76. The molecule has 120 valence electrons. The number of aliphatic hydroxyl groups excluding tert-OH is 1. The molecule has 0 aliphatic carbocycles. The molecule has 1 amide bonds. The molecular weight excluding hydrogens is 288 g/mol. The van der Waals surface area contributed by atoms with E-state index in [4.69, 9.17) is 0 Å². The van der Waals surface area contributed by atoms with Crippen LogP contribution >= 0.6 is 0 Å². The van der Waals surface area contributed by atoms with Crippen molar-refractivity contribution in [1.29, 1.82) is 0 Å². The molecule has 0 bridgehead atoms. The fourth-order valence-corrected chi connectivity index (χ4v) is 2.36. The van der Waals surface area contributed by atoms with E-state index in [1.54, 1.807) is 11.1 Å². The van der Waals surface area contributed by atoms with Crippen molar-refractivity contribution in [2.24, 2.45) is 0 Å². The Kier molecular flexibility index (Phi) is 6.51. The van der Waals surface area contributed by atoms with Gasteiger partial charge < -0.3 is 10.0 Å². The Balaban J connectivity index is 2.06. The maximum absolute atomic E-state index is 12.5. The van der Waals surface area contributed by atoms with E-state index in [0.29, 0.717) is 18.7 Å². The number of benzene rings is 1. The van der Waals surface area contributed by atoms with E-state index in [2.05, 4.69) is 11.9 Å². The Hall–Kier alpha value is -2.46. The van der Waals surface area contributed by atoms with Gasteiger partial charge in [0.05, 0.1) is 12.3 Å². The van der Waals surface area contributed by atoms with Crippen molar-refractivity contribution in [3.05, 3.63) is 66.0 Å². The highest BCUT2D eigenvalue weighted by Gasteiger charge is 2.12. The molecular formula is C19H22N2O2. The number of carbonyl (C=O) groups excluding carboxylic acids is 1. The molecule has 1 aromatic heterocycles. The number of aromatic nitrogens is 1. The highest BCUT2D eigenvalue weighted by molar-refractivity contribution is 5.94. The highest BCUT2D eigenvalue weighted by atomic mass is 16.3. The first-order chi connectivity index (χ1) is 11.3. The first kappa shape index (κ1) is 16.9. The molecule has 0 atom stereocenters. The molecule has 23 heavy (non-hydrogen) atoms. The molecule has 0 saturated carbocycles. The number of hydrogen-bond acceptors (Lipinski definition) is 3. The second-order valence-electron chi connectivity index (χ2n) is 5.18. The Morgan fingerprint density at radius 1 is 1.22 bits per heavy atom. The first-order valence-electron chi connectivity index (χ1n) is 7.83. The summed E-state index contributed by atoms with van der Waals surface area (Å²) < 4.78 is 0. The summed E-state index contributed by atoms with van der Waals surface area (Å²) in [6.07, 6.45) is 6.53. The zero-order chi connectivity index (χ0) is 16.5. The number of amides is 1. The predicted molar refractivity (Wildman–Crippen MR) is 92.9 cm³/mol. The first-order valence-corrected chi connectivity index (χ1v) is 7.83. The van der Waals surface area contributed by atoms with Crippen molar-refractivity contribution in [3.8, 4) is 0 Å². The molecule has 0 spiro atoms. The maximum Gasteiger partial charge on any atom is 0.230 e. The molecule has 4 heteroatoms.